The van der Waals surface area contributed by atoms with E-state index in [0.29, 0.717) is 5.69 Å². The molecule has 120 valence electrons. The van der Waals surface area contributed by atoms with E-state index in [1.54, 1.807) is 0 Å². The zero-order valence-corrected chi connectivity index (χ0v) is 11.2. The summed E-state index contributed by atoms with van der Waals surface area (Å²) < 4.78 is 53.4. The molecular formula is C12H8F4N6O. The van der Waals surface area contributed by atoms with E-state index in [2.05, 4.69) is 30.7 Å². The SMILES string of the molecule is N#CC(=CNc1ccc(OC(F)(F)C(F)F)cc1)c1nn[nH]n1. The minimum Gasteiger partial charge on any atom is -0.428 e. The molecule has 0 bridgehead atoms. The van der Waals surface area contributed by atoms with Crippen LogP contribution < -0.4 is 10.1 Å². The van der Waals surface area contributed by atoms with Gasteiger partial charge in [0.05, 0.1) is 0 Å². The van der Waals surface area contributed by atoms with Crippen molar-refractivity contribution in [3.8, 4) is 11.8 Å². The number of rotatable bonds is 6. The Morgan fingerprint density at radius 2 is 2.04 bits per heavy atom. The van der Waals surface area contributed by atoms with Gasteiger partial charge >= 0.3 is 12.5 Å². The molecule has 0 aliphatic heterocycles. The van der Waals surface area contributed by atoms with Crippen LogP contribution in [0, 0.1) is 11.3 Å². The quantitative estimate of drug-likeness (QED) is 0.624. The van der Waals surface area contributed by atoms with Crippen molar-refractivity contribution < 1.29 is 22.3 Å². The molecule has 0 amide bonds. The van der Waals surface area contributed by atoms with Crippen molar-refractivity contribution in [2.24, 2.45) is 0 Å². The fourth-order valence-corrected chi connectivity index (χ4v) is 1.40. The number of benzene rings is 1. The Labute approximate surface area is 126 Å². The van der Waals surface area contributed by atoms with E-state index in [4.69, 9.17) is 5.26 Å². The summed E-state index contributed by atoms with van der Waals surface area (Å²) in [6.45, 7) is 0. The van der Waals surface area contributed by atoms with Crippen molar-refractivity contribution in [3.05, 3.63) is 36.3 Å². The molecule has 0 atom stereocenters. The maximum absolute atomic E-state index is 12.7. The number of nitriles is 1. The normalized spacial score (nSPS) is 12.1. The van der Waals surface area contributed by atoms with Gasteiger partial charge in [0.1, 0.15) is 17.4 Å². The number of halogens is 4. The topological polar surface area (TPSA) is 99.5 Å². The van der Waals surface area contributed by atoms with Crippen LogP contribution >= 0.6 is 0 Å². The lowest BCUT2D eigenvalue weighted by atomic mass is 10.3. The summed E-state index contributed by atoms with van der Waals surface area (Å²) in [5.74, 6) is -0.361. The van der Waals surface area contributed by atoms with Gasteiger partial charge in [-0.3, -0.25) is 0 Å². The summed E-state index contributed by atoms with van der Waals surface area (Å²) in [5.41, 5.74) is 0.470. The van der Waals surface area contributed by atoms with Gasteiger partial charge in [-0.2, -0.15) is 28.0 Å². The summed E-state index contributed by atoms with van der Waals surface area (Å²) in [6, 6.07) is 6.60. The lowest BCUT2D eigenvalue weighted by molar-refractivity contribution is -0.253. The molecule has 1 aromatic carbocycles. The third-order valence-corrected chi connectivity index (χ3v) is 2.45. The highest BCUT2D eigenvalue weighted by molar-refractivity contribution is 5.74. The Morgan fingerprint density at radius 1 is 1.35 bits per heavy atom. The lowest BCUT2D eigenvalue weighted by Gasteiger charge is -2.16. The Kier molecular flexibility index (Phi) is 4.75. The molecule has 0 fully saturated rings. The zero-order valence-electron chi connectivity index (χ0n) is 11.2. The van der Waals surface area contributed by atoms with E-state index in [1.807, 2.05) is 6.07 Å². The van der Waals surface area contributed by atoms with Crippen LogP contribution in [0.4, 0.5) is 23.2 Å². The van der Waals surface area contributed by atoms with Crippen LogP contribution in [0.3, 0.4) is 0 Å². The van der Waals surface area contributed by atoms with Gasteiger partial charge in [0.25, 0.3) is 0 Å². The number of anilines is 1. The predicted molar refractivity (Wildman–Crippen MR) is 69.4 cm³/mol. The minimum atomic E-state index is -4.57. The number of nitrogens with one attached hydrogen (secondary N) is 2. The molecule has 1 aromatic heterocycles. The van der Waals surface area contributed by atoms with Gasteiger partial charge in [0, 0.05) is 11.9 Å². The fourth-order valence-electron chi connectivity index (χ4n) is 1.40. The van der Waals surface area contributed by atoms with Gasteiger partial charge in [-0.1, -0.05) is 0 Å². The lowest BCUT2D eigenvalue weighted by Crippen LogP contribution is -2.33. The predicted octanol–water partition coefficient (Wildman–Crippen LogP) is 2.41. The van der Waals surface area contributed by atoms with E-state index in [9.17, 15) is 17.6 Å². The maximum atomic E-state index is 12.7. The van der Waals surface area contributed by atoms with Crippen LogP contribution in [0.2, 0.25) is 0 Å². The monoisotopic (exact) mass is 328 g/mol. The number of allylic oxidation sites excluding steroid dienone is 1. The van der Waals surface area contributed by atoms with E-state index in [0.717, 1.165) is 12.1 Å². The summed E-state index contributed by atoms with van der Waals surface area (Å²) in [4.78, 5) is 0. The molecule has 2 rings (SSSR count). The van der Waals surface area contributed by atoms with Crippen LogP contribution in [0.1, 0.15) is 5.82 Å². The van der Waals surface area contributed by atoms with Gasteiger partial charge in [-0.25, -0.2) is 0 Å². The van der Waals surface area contributed by atoms with Gasteiger partial charge in [-0.05, 0) is 29.5 Å². The number of H-pyrrole nitrogens is 1. The first-order chi connectivity index (χ1) is 10.9. The Balaban J connectivity index is 2.05. The fraction of sp³-hybridized carbons (Fsp3) is 0.167. The summed E-state index contributed by atoms with van der Waals surface area (Å²) in [6.07, 6.45) is -7.23. The van der Waals surface area contributed by atoms with Crippen molar-refractivity contribution in [1.29, 1.82) is 5.26 Å². The highest BCUT2D eigenvalue weighted by Crippen LogP contribution is 2.28. The van der Waals surface area contributed by atoms with E-state index >= 15 is 0 Å². The van der Waals surface area contributed by atoms with Crippen LogP contribution in [-0.4, -0.2) is 33.2 Å². The standard InChI is InChI=1S/C12H8F4N6O/c13-11(14)12(15,16)23-9-3-1-8(2-4-9)18-6-7(5-17)10-19-21-22-20-10/h1-4,6,11,18H,(H,19,20,21,22). The molecule has 0 aliphatic rings. The van der Waals surface area contributed by atoms with Gasteiger partial charge in [0.15, 0.2) is 0 Å². The number of aromatic nitrogens is 4. The Morgan fingerprint density at radius 3 is 2.57 bits per heavy atom. The molecule has 0 spiro atoms. The van der Waals surface area contributed by atoms with Crippen LogP contribution in [-0.2, 0) is 0 Å². The number of hydrogen-bond acceptors (Lipinski definition) is 6. The van der Waals surface area contributed by atoms with E-state index in [-0.39, 0.29) is 11.4 Å². The van der Waals surface area contributed by atoms with Crippen LogP contribution in [0.5, 0.6) is 5.75 Å². The Hall–Kier alpha value is -3.16. The second-order valence-corrected chi connectivity index (χ2v) is 4.04. The third kappa shape index (κ3) is 4.16. The molecule has 11 heteroatoms. The van der Waals surface area contributed by atoms with Gasteiger partial charge in [-0.15, -0.1) is 10.2 Å². The third-order valence-electron chi connectivity index (χ3n) is 2.45. The van der Waals surface area contributed by atoms with Crippen molar-refractivity contribution in [2.75, 3.05) is 5.32 Å². The largest absolute Gasteiger partial charge is 0.461 e. The molecule has 0 radical (unpaired) electrons. The van der Waals surface area contributed by atoms with Crippen molar-refractivity contribution in [1.82, 2.24) is 20.6 Å². The number of nitrogens with zero attached hydrogens (tertiary/aromatic N) is 4. The number of ether oxygens (including phenoxy) is 1. The zero-order chi connectivity index (χ0) is 16.9. The highest BCUT2D eigenvalue weighted by Gasteiger charge is 2.43. The molecule has 7 nitrogen and oxygen atoms in total. The average Bonchev–Trinajstić information content (AvgIpc) is 3.03. The first kappa shape index (κ1) is 16.2. The first-order valence-corrected chi connectivity index (χ1v) is 5.98. The number of alkyl halides is 4. The maximum Gasteiger partial charge on any atom is 0.461 e. The second-order valence-electron chi connectivity index (χ2n) is 4.04. The molecule has 0 unspecified atom stereocenters. The van der Waals surface area contributed by atoms with Gasteiger partial charge < -0.3 is 10.1 Å². The molecule has 2 N–H and O–H groups in total. The molecule has 0 saturated carbocycles. The molecule has 2 aromatic rings. The molecule has 23 heavy (non-hydrogen) atoms. The summed E-state index contributed by atoms with van der Waals surface area (Å²) in [7, 11) is 0. The molecule has 0 saturated heterocycles. The first-order valence-electron chi connectivity index (χ1n) is 5.98. The summed E-state index contributed by atoms with van der Waals surface area (Å²) >= 11 is 0. The van der Waals surface area contributed by atoms with Crippen molar-refractivity contribution in [2.45, 2.75) is 12.5 Å². The number of aromatic amines is 1. The number of hydrogen-bond donors (Lipinski definition) is 2. The highest BCUT2D eigenvalue weighted by atomic mass is 19.3. The van der Waals surface area contributed by atoms with Crippen LogP contribution in [0.15, 0.2) is 30.5 Å². The van der Waals surface area contributed by atoms with E-state index in [1.165, 1.54) is 18.3 Å². The van der Waals surface area contributed by atoms with Crippen molar-refractivity contribution in [3.63, 3.8) is 0 Å². The van der Waals surface area contributed by atoms with Gasteiger partial charge in [0.2, 0.25) is 5.82 Å². The Bertz CT molecular complexity index is 708. The van der Waals surface area contributed by atoms with E-state index < -0.39 is 18.3 Å². The average molecular weight is 328 g/mol. The molecular weight excluding hydrogens is 320 g/mol. The number of tetrazole rings is 1. The summed E-state index contributed by atoms with van der Waals surface area (Å²) in [5, 5.41) is 24.4. The molecule has 0 aliphatic carbocycles. The van der Waals surface area contributed by atoms with Crippen molar-refractivity contribution >= 4 is 11.3 Å². The molecule has 1 heterocycles. The smallest absolute Gasteiger partial charge is 0.428 e. The second kappa shape index (κ2) is 6.73. The van der Waals surface area contributed by atoms with Crippen LogP contribution in [0.25, 0.3) is 5.57 Å². The minimum absolute atomic E-state index is 0.0662.